The lowest BCUT2D eigenvalue weighted by Crippen LogP contribution is -2.19. The summed E-state index contributed by atoms with van der Waals surface area (Å²) in [6.07, 6.45) is 0. The van der Waals surface area contributed by atoms with Gasteiger partial charge >= 0.3 is 0 Å². The van der Waals surface area contributed by atoms with E-state index in [1.165, 1.54) is 23.1 Å². The van der Waals surface area contributed by atoms with Gasteiger partial charge in [0.2, 0.25) is 6.79 Å². The first-order chi connectivity index (χ1) is 14.5. The summed E-state index contributed by atoms with van der Waals surface area (Å²) in [5.41, 5.74) is 2.32. The molecule has 0 saturated carbocycles. The molecular formula is C20H14ClN3O3S3. The first-order valence-corrected chi connectivity index (χ1v) is 11.5. The fourth-order valence-corrected chi connectivity index (χ4v) is 5.52. The zero-order valence-corrected chi connectivity index (χ0v) is 18.8. The van der Waals surface area contributed by atoms with Crippen molar-refractivity contribution >= 4 is 57.3 Å². The van der Waals surface area contributed by atoms with Crippen molar-refractivity contribution in [3.05, 3.63) is 67.4 Å². The number of benzene rings is 2. The molecule has 1 aliphatic heterocycles. The number of hydrogen-bond acceptors (Lipinski definition) is 7. The van der Waals surface area contributed by atoms with Gasteiger partial charge in [-0.3, -0.25) is 13.9 Å². The molecule has 0 amide bonds. The van der Waals surface area contributed by atoms with Gasteiger partial charge in [0.05, 0.1) is 0 Å². The molecule has 0 fully saturated rings. The zero-order chi connectivity index (χ0) is 20.8. The van der Waals surface area contributed by atoms with Gasteiger partial charge < -0.3 is 9.47 Å². The molecule has 6 nitrogen and oxygen atoms in total. The molecule has 2 aromatic heterocycles. The summed E-state index contributed by atoms with van der Waals surface area (Å²) in [4.78, 5) is 17.8. The van der Waals surface area contributed by atoms with Crippen molar-refractivity contribution in [3.63, 3.8) is 0 Å². The van der Waals surface area contributed by atoms with Crippen molar-refractivity contribution < 1.29 is 9.47 Å². The van der Waals surface area contributed by atoms with Gasteiger partial charge in [0.25, 0.3) is 5.56 Å². The van der Waals surface area contributed by atoms with Gasteiger partial charge in [0, 0.05) is 23.5 Å². The molecule has 3 heterocycles. The van der Waals surface area contributed by atoms with Crippen LogP contribution in [0.2, 0.25) is 5.02 Å². The minimum Gasteiger partial charge on any atom is -0.454 e. The second-order valence-corrected chi connectivity index (χ2v) is 9.59. The molecule has 0 radical (unpaired) electrons. The lowest BCUT2D eigenvalue weighted by atomic mass is 10.2. The summed E-state index contributed by atoms with van der Waals surface area (Å²) in [5.74, 6) is 2.12. The number of rotatable bonds is 4. The van der Waals surface area contributed by atoms with Crippen molar-refractivity contribution in [1.29, 1.82) is 0 Å². The Hall–Kier alpha value is -2.33. The lowest BCUT2D eigenvalue weighted by Gasteiger charge is -2.09. The first-order valence-electron chi connectivity index (χ1n) is 8.91. The average Bonchev–Trinajstić information content (AvgIpc) is 3.34. The van der Waals surface area contributed by atoms with Gasteiger partial charge in [0.1, 0.15) is 4.70 Å². The van der Waals surface area contributed by atoms with Gasteiger partial charge in [-0.15, -0.1) is 0 Å². The van der Waals surface area contributed by atoms with E-state index in [4.69, 9.17) is 38.3 Å². The molecule has 2 aromatic carbocycles. The van der Waals surface area contributed by atoms with Crippen LogP contribution >= 0.6 is 46.9 Å². The molecule has 0 bridgehead atoms. The van der Waals surface area contributed by atoms with Crippen molar-refractivity contribution in [3.8, 4) is 17.2 Å². The number of thioether (sulfide) groups is 1. The van der Waals surface area contributed by atoms with E-state index < -0.39 is 0 Å². The molecule has 0 aliphatic carbocycles. The summed E-state index contributed by atoms with van der Waals surface area (Å²) in [7, 11) is 1.73. The number of fused-ring (bicyclic) bond motifs is 2. The highest BCUT2D eigenvalue weighted by atomic mass is 35.5. The Morgan fingerprint density at radius 3 is 2.77 bits per heavy atom. The standard InChI is InChI=1S/C20H14ClN3O3S3/c1-23-18(25)16-17(24(20(28)30-16)13-5-3-12(21)4-6-13)22-19(23)29-9-11-2-7-14-15(8-11)27-10-26-14/h2-8H,9-10H2,1H3. The molecule has 30 heavy (non-hydrogen) atoms. The van der Waals surface area contributed by atoms with Crippen LogP contribution in [-0.4, -0.2) is 20.9 Å². The third-order valence-electron chi connectivity index (χ3n) is 4.66. The van der Waals surface area contributed by atoms with E-state index in [1.807, 2.05) is 34.9 Å². The minimum absolute atomic E-state index is 0.114. The van der Waals surface area contributed by atoms with Crippen LogP contribution in [0.5, 0.6) is 11.5 Å². The van der Waals surface area contributed by atoms with Crippen LogP contribution in [0.1, 0.15) is 5.56 Å². The molecule has 0 spiro atoms. The predicted molar refractivity (Wildman–Crippen MR) is 122 cm³/mol. The highest BCUT2D eigenvalue weighted by Gasteiger charge is 2.17. The molecule has 10 heteroatoms. The van der Waals surface area contributed by atoms with Crippen molar-refractivity contribution in [2.75, 3.05) is 6.79 Å². The average molecular weight is 476 g/mol. The Morgan fingerprint density at radius 2 is 1.97 bits per heavy atom. The summed E-state index contributed by atoms with van der Waals surface area (Å²) in [6, 6.07) is 13.1. The Morgan fingerprint density at radius 1 is 1.20 bits per heavy atom. The van der Waals surface area contributed by atoms with E-state index in [-0.39, 0.29) is 12.4 Å². The topological polar surface area (TPSA) is 58.3 Å². The second kappa shape index (κ2) is 7.73. The molecule has 0 unspecified atom stereocenters. The smallest absolute Gasteiger partial charge is 0.273 e. The quantitative estimate of drug-likeness (QED) is 0.230. The Kier molecular flexibility index (Phi) is 5.06. The summed E-state index contributed by atoms with van der Waals surface area (Å²) in [5, 5.41) is 1.24. The summed E-state index contributed by atoms with van der Waals surface area (Å²) < 4.78 is 15.3. The monoisotopic (exact) mass is 475 g/mol. The zero-order valence-electron chi connectivity index (χ0n) is 15.6. The third-order valence-corrected chi connectivity index (χ3v) is 7.37. The normalized spacial score (nSPS) is 12.6. The van der Waals surface area contributed by atoms with Crippen molar-refractivity contribution in [2.45, 2.75) is 10.9 Å². The van der Waals surface area contributed by atoms with Gasteiger partial charge in [0.15, 0.2) is 26.3 Å². The molecular weight excluding hydrogens is 462 g/mol. The van der Waals surface area contributed by atoms with E-state index in [9.17, 15) is 4.79 Å². The van der Waals surface area contributed by atoms with Crippen LogP contribution < -0.4 is 15.0 Å². The molecule has 4 aromatic rings. The summed E-state index contributed by atoms with van der Waals surface area (Å²) >= 11 is 14.3. The molecule has 1 aliphatic rings. The van der Waals surface area contributed by atoms with Gasteiger partial charge in [-0.05, 0) is 54.2 Å². The predicted octanol–water partition coefficient (Wildman–Crippen LogP) is 5.19. The summed E-state index contributed by atoms with van der Waals surface area (Å²) in [6.45, 7) is 0.241. The van der Waals surface area contributed by atoms with Crippen molar-refractivity contribution in [2.24, 2.45) is 7.05 Å². The molecule has 0 saturated heterocycles. The Bertz CT molecular complexity index is 1390. The van der Waals surface area contributed by atoms with Gasteiger partial charge in [-0.25, -0.2) is 4.98 Å². The molecule has 5 rings (SSSR count). The number of thiazole rings is 1. The maximum absolute atomic E-state index is 13.0. The lowest BCUT2D eigenvalue weighted by molar-refractivity contribution is 0.174. The first kappa shape index (κ1) is 19.6. The highest BCUT2D eigenvalue weighted by Crippen LogP contribution is 2.34. The van der Waals surface area contributed by atoms with Crippen LogP contribution in [0.25, 0.3) is 16.0 Å². The van der Waals surface area contributed by atoms with Crippen LogP contribution in [0.4, 0.5) is 0 Å². The van der Waals surface area contributed by atoms with Crippen LogP contribution in [0.15, 0.2) is 52.4 Å². The number of halogens is 1. The molecule has 0 N–H and O–H groups in total. The Labute approximate surface area is 189 Å². The van der Waals surface area contributed by atoms with E-state index in [2.05, 4.69) is 0 Å². The second-order valence-electron chi connectivity index (χ2n) is 6.57. The fraction of sp³-hybridized carbons (Fsp3) is 0.150. The van der Waals surface area contributed by atoms with E-state index >= 15 is 0 Å². The third kappa shape index (κ3) is 3.41. The van der Waals surface area contributed by atoms with Crippen LogP contribution in [0, 0.1) is 3.95 Å². The van der Waals surface area contributed by atoms with E-state index in [0.29, 0.717) is 30.2 Å². The fourth-order valence-electron chi connectivity index (χ4n) is 3.14. The number of hydrogen-bond donors (Lipinski definition) is 0. The Balaban J connectivity index is 1.55. The largest absolute Gasteiger partial charge is 0.454 e. The van der Waals surface area contributed by atoms with E-state index in [1.54, 1.807) is 23.7 Å². The minimum atomic E-state index is -0.114. The maximum Gasteiger partial charge on any atom is 0.273 e. The number of nitrogens with zero attached hydrogens (tertiary/aromatic N) is 3. The molecule has 152 valence electrons. The SMILES string of the molecule is Cn1c(SCc2ccc3c(c2)OCO3)nc2c(sc(=S)n2-c2ccc(Cl)cc2)c1=O. The van der Waals surface area contributed by atoms with E-state index in [0.717, 1.165) is 22.7 Å². The maximum atomic E-state index is 13.0. The number of aromatic nitrogens is 3. The van der Waals surface area contributed by atoms with Gasteiger partial charge in [-0.2, -0.15) is 0 Å². The van der Waals surface area contributed by atoms with Crippen LogP contribution in [-0.2, 0) is 12.8 Å². The highest BCUT2D eigenvalue weighted by molar-refractivity contribution is 7.98. The van der Waals surface area contributed by atoms with Crippen LogP contribution in [0.3, 0.4) is 0 Å². The molecule has 0 atom stereocenters. The van der Waals surface area contributed by atoms with Crippen molar-refractivity contribution in [1.82, 2.24) is 14.1 Å². The number of ether oxygens (including phenoxy) is 2. The van der Waals surface area contributed by atoms with Gasteiger partial charge in [-0.1, -0.05) is 40.8 Å².